The van der Waals surface area contributed by atoms with Crippen molar-refractivity contribution in [2.45, 2.75) is 58.0 Å². The van der Waals surface area contributed by atoms with Gasteiger partial charge in [0.25, 0.3) is 10.0 Å². The number of nitrogens with zero attached hydrogens (tertiary/aromatic N) is 2. The van der Waals surface area contributed by atoms with E-state index in [2.05, 4.69) is 5.32 Å². The van der Waals surface area contributed by atoms with Crippen molar-refractivity contribution < 1.29 is 18.0 Å². The molecule has 0 bridgehead atoms. The number of rotatable bonds is 12. The molecule has 39 heavy (non-hydrogen) atoms. The number of sulfonamides is 1. The monoisotopic (exact) mass is 569 g/mol. The normalized spacial score (nSPS) is 12.0. The highest BCUT2D eigenvalue weighted by Gasteiger charge is 2.32. The predicted molar refractivity (Wildman–Crippen MR) is 156 cm³/mol. The molecule has 7 nitrogen and oxygen atoms in total. The molecule has 3 aromatic carbocycles. The van der Waals surface area contributed by atoms with Crippen LogP contribution in [-0.2, 0) is 26.2 Å². The van der Waals surface area contributed by atoms with Gasteiger partial charge < -0.3 is 10.2 Å². The zero-order chi connectivity index (χ0) is 28.6. The van der Waals surface area contributed by atoms with Gasteiger partial charge in [0.15, 0.2) is 0 Å². The van der Waals surface area contributed by atoms with Gasteiger partial charge in [-0.25, -0.2) is 8.42 Å². The quantitative estimate of drug-likeness (QED) is 0.292. The molecule has 0 aromatic heterocycles. The Kier molecular flexibility index (Phi) is 10.5. The van der Waals surface area contributed by atoms with Gasteiger partial charge in [0.2, 0.25) is 11.8 Å². The Balaban J connectivity index is 2.01. The van der Waals surface area contributed by atoms with E-state index in [4.69, 9.17) is 11.6 Å². The summed E-state index contributed by atoms with van der Waals surface area (Å²) in [6.07, 6.45) is 1.73. The molecule has 0 saturated heterocycles. The zero-order valence-corrected chi connectivity index (χ0v) is 24.4. The number of hydrogen-bond acceptors (Lipinski definition) is 4. The summed E-state index contributed by atoms with van der Waals surface area (Å²) in [5.41, 5.74) is 2.78. The van der Waals surface area contributed by atoms with Gasteiger partial charge in [0.05, 0.1) is 10.6 Å². The lowest BCUT2D eigenvalue weighted by Crippen LogP contribution is -2.51. The van der Waals surface area contributed by atoms with Crippen LogP contribution >= 0.6 is 11.6 Å². The van der Waals surface area contributed by atoms with Crippen molar-refractivity contribution in [3.63, 3.8) is 0 Å². The Morgan fingerprint density at radius 1 is 0.949 bits per heavy atom. The first-order chi connectivity index (χ1) is 18.5. The van der Waals surface area contributed by atoms with Crippen molar-refractivity contribution in [1.29, 1.82) is 0 Å². The number of carbonyl (C=O) groups excluding carboxylic acids is 2. The van der Waals surface area contributed by atoms with Crippen molar-refractivity contribution >= 4 is 39.1 Å². The van der Waals surface area contributed by atoms with Gasteiger partial charge in [-0.1, -0.05) is 73.0 Å². The molecule has 0 unspecified atom stereocenters. The number of carbonyl (C=O) groups is 2. The second-order valence-electron chi connectivity index (χ2n) is 9.60. The maximum absolute atomic E-state index is 13.9. The summed E-state index contributed by atoms with van der Waals surface area (Å²) in [4.78, 5) is 28.4. The largest absolute Gasteiger partial charge is 0.354 e. The number of aryl methyl sites for hydroxylation is 2. The number of benzene rings is 3. The Morgan fingerprint density at radius 3 is 2.28 bits per heavy atom. The van der Waals surface area contributed by atoms with E-state index in [1.807, 2.05) is 26.8 Å². The summed E-state index contributed by atoms with van der Waals surface area (Å²) in [5.74, 6) is -0.836. The first kappa shape index (κ1) is 30.2. The number of nitrogens with one attached hydrogen (secondary N) is 1. The van der Waals surface area contributed by atoms with Crippen LogP contribution in [-0.4, -0.2) is 44.3 Å². The number of amides is 2. The van der Waals surface area contributed by atoms with E-state index in [0.717, 1.165) is 28.3 Å². The highest BCUT2D eigenvalue weighted by molar-refractivity contribution is 7.92. The van der Waals surface area contributed by atoms with Crippen LogP contribution in [0.3, 0.4) is 0 Å². The molecule has 1 atom stereocenters. The van der Waals surface area contributed by atoms with Crippen LogP contribution < -0.4 is 9.62 Å². The average Bonchev–Trinajstić information content (AvgIpc) is 2.91. The molecule has 0 aliphatic heterocycles. The Hall–Kier alpha value is -3.36. The molecule has 1 N–H and O–H groups in total. The van der Waals surface area contributed by atoms with E-state index in [0.29, 0.717) is 22.8 Å². The number of halogens is 1. The third-order valence-electron chi connectivity index (χ3n) is 6.47. The van der Waals surface area contributed by atoms with Gasteiger partial charge in [-0.05, 0) is 68.7 Å². The van der Waals surface area contributed by atoms with Crippen molar-refractivity contribution in [2.75, 3.05) is 17.4 Å². The Morgan fingerprint density at radius 2 is 1.64 bits per heavy atom. The van der Waals surface area contributed by atoms with Crippen LogP contribution in [0.5, 0.6) is 0 Å². The van der Waals surface area contributed by atoms with Crippen molar-refractivity contribution in [1.82, 2.24) is 10.2 Å². The molecule has 0 spiro atoms. The predicted octanol–water partition coefficient (Wildman–Crippen LogP) is 5.49. The second kappa shape index (κ2) is 13.6. The molecule has 0 fully saturated rings. The minimum Gasteiger partial charge on any atom is -0.354 e. The molecule has 208 valence electrons. The third-order valence-corrected chi connectivity index (χ3v) is 8.63. The first-order valence-electron chi connectivity index (χ1n) is 13.0. The summed E-state index contributed by atoms with van der Waals surface area (Å²) in [7, 11) is -4.10. The van der Waals surface area contributed by atoms with Gasteiger partial charge in [0, 0.05) is 18.1 Å². The molecule has 0 aliphatic carbocycles. The maximum atomic E-state index is 13.9. The zero-order valence-electron chi connectivity index (χ0n) is 22.9. The summed E-state index contributed by atoms with van der Waals surface area (Å²) in [6.45, 7) is 7.44. The highest BCUT2D eigenvalue weighted by atomic mass is 35.5. The van der Waals surface area contributed by atoms with Gasteiger partial charge >= 0.3 is 0 Å². The number of unbranched alkanes of at least 4 members (excludes halogenated alkanes) is 1. The molecule has 3 rings (SSSR count). The van der Waals surface area contributed by atoms with E-state index in [-0.39, 0.29) is 17.3 Å². The molecule has 0 aliphatic rings. The van der Waals surface area contributed by atoms with E-state index in [1.54, 1.807) is 61.5 Å². The fourth-order valence-electron chi connectivity index (χ4n) is 4.08. The molecule has 2 amide bonds. The van der Waals surface area contributed by atoms with Crippen LogP contribution in [0.25, 0.3) is 0 Å². The van der Waals surface area contributed by atoms with Gasteiger partial charge in [-0.15, -0.1) is 0 Å². The SMILES string of the molecule is CCCCNC(=O)[C@H](C)N(Cc1ccccc1Cl)C(=O)CN(c1cccc(C)c1)S(=O)(=O)c1ccc(C)cc1. The third kappa shape index (κ3) is 7.83. The van der Waals surface area contributed by atoms with Crippen molar-refractivity contribution in [3.8, 4) is 0 Å². The van der Waals surface area contributed by atoms with Crippen molar-refractivity contribution in [3.05, 3.63) is 94.5 Å². The minimum absolute atomic E-state index is 0.0487. The molecule has 9 heteroatoms. The lowest BCUT2D eigenvalue weighted by Gasteiger charge is -2.32. The molecule has 3 aromatic rings. The molecule has 0 saturated carbocycles. The van der Waals surface area contributed by atoms with Gasteiger partial charge in [0.1, 0.15) is 12.6 Å². The summed E-state index contributed by atoms with van der Waals surface area (Å²) < 4.78 is 28.8. The smallest absolute Gasteiger partial charge is 0.264 e. The van der Waals surface area contributed by atoms with Crippen LogP contribution in [0.15, 0.2) is 77.7 Å². The van der Waals surface area contributed by atoms with E-state index < -0.39 is 28.5 Å². The number of hydrogen-bond donors (Lipinski definition) is 1. The Labute approximate surface area is 236 Å². The van der Waals surface area contributed by atoms with E-state index in [9.17, 15) is 18.0 Å². The fraction of sp³-hybridized carbons (Fsp3) is 0.333. The van der Waals surface area contributed by atoms with Crippen LogP contribution in [0.1, 0.15) is 43.4 Å². The minimum atomic E-state index is -4.10. The lowest BCUT2D eigenvalue weighted by atomic mass is 10.1. The van der Waals surface area contributed by atoms with E-state index >= 15 is 0 Å². The number of anilines is 1. The van der Waals surface area contributed by atoms with Crippen molar-refractivity contribution in [2.24, 2.45) is 0 Å². The van der Waals surface area contributed by atoms with Crippen LogP contribution in [0, 0.1) is 13.8 Å². The molecule has 0 radical (unpaired) electrons. The highest BCUT2D eigenvalue weighted by Crippen LogP contribution is 2.26. The second-order valence-corrected chi connectivity index (χ2v) is 11.9. The van der Waals surface area contributed by atoms with Gasteiger partial charge in [-0.2, -0.15) is 0 Å². The van der Waals surface area contributed by atoms with E-state index in [1.165, 1.54) is 17.0 Å². The summed E-state index contributed by atoms with van der Waals surface area (Å²) in [6, 6.07) is 19.7. The standard InChI is InChI=1S/C30H36ClN3O4S/c1-5-6-18-32-30(36)24(4)33(20-25-11-7-8-13-28(25)31)29(35)21-34(26-12-9-10-23(3)19-26)39(37,38)27-16-14-22(2)15-17-27/h7-17,19,24H,5-6,18,20-21H2,1-4H3,(H,32,36)/t24-/m0/s1. The summed E-state index contributed by atoms with van der Waals surface area (Å²) in [5, 5.41) is 3.33. The average molecular weight is 570 g/mol. The lowest BCUT2D eigenvalue weighted by molar-refractivity contribution is -0.139. The first-order valence-corrected chi connectivity index (χ1v) is 14.8. The summed E-state index contributed by atoms with van der Waals surface area (Å²) >= 11 is 6.40. The van der Waals surface area contributed by atoms with Gasteiger partial charge in [-0.3, -0.25) is 13.9 Å². The van der Waals surface area contributed by atoms with Crippen LogP contribution in [0.4, 0.5) is 5.69 Å². The fourth-order valence-corrected chi connectivity index (χ4v) is 5.68. The Bertz CT molecular complexity index is 1390. The molecular formula is C30H36ClN3O4S. The maximum Gasteiger partial charge on any atom is 0.264 e. The molecular weight excluding hydrogens is 534 g/mol. The van der Waals surface area contributed by atoms with Crippen LogP contribution in [0.2, 0.25) is 5.02 Å². The topological polar surface area (TPSA) is 86.8 Å². The molecule has 0 heterocycles.